The molecule has 2 amide bonds. The zero-order valence-electron chi connectivity index (χ0n) is 18.2. The molecule has 1 saturated carbocycles. The normalized spacial score (nSPS) is 16.1. The molecule has 9 nitrogen and oxygen atoms in total. The summed E-state index contributed by atoms with van der Waals surface area (Å²) < 4.78 is 7.13. The van der Waals surface area contributed by atoms with Crippen LogP contribution in [0.3, 0.4) is 0 Å². The van der Waals surface area contributed by atoms with Crippen molar-refractivity contribution in [3.63, 3.8) is 0 Å². The van der Waals surface area contributed by atoms with E-state index in [0.29, 0.717) is 42.6 Å². The van der Waals surface area contributed by atoms with Gasteiger partial charge in [-0.1, -0.05) is 19.3 Å². The Bertz CT molecular complexity index is 1040. The molecule has 1 aliphatic carbocycles. The molecule has 1 aromatic carbocycles. The SMILES string of the molecule is O=C1Cn2c(nc3cc(OCCCCC(=O)N(CCO)C4CCCCC4)ccc3c2=O)N1. The number of anilines is 1. The standard InChI is InChI=1S/C23H30N4O5/c28-12-11-26(16-6-2-1-3-7-16)21(30)8-4-5-13-32-17-9-10-18-19(14-17)24-23-25-20(29)15-27(23)22(18)31/h9-10,14,16,28H,1-8,11-13,15H2,(H,24,25,29). The fourth-order valence-electron chi connectivity index (χ4n) is 4.56. The largest absolute Gasteiger partial charge is 0.494 e. The maximum atomic E-state index is 12.7. The van der Waals surface area contributed by atoms with E-state index in [2.05, 4.69) is 10.3 Å². The molecule has 2 aromatic rings. The molecule has 0 spiro atoms. The molecular weight excluding hydrogens is 412 g/mol. The lowest BCUT2D eigenvalue weighted by Crippen LogP contribution is -2.43. The Balaban J connectivity index is 1.28. The number of nitrogens with zero attached hydrogens (tertiary/aromatic N) is 3. The number of aromatic nitrogens is 2. The number of aliphatic hydroxyl groups is 1. The molecule has 2 heterocycles. The van der Waals surface area contributed by atoms with Crippen LogP contribution in [0.25, 0.3) is 10.9 Å². The summed E-state index contributed by atoms with van der Waals surface area (Å²) >= 11 is 0. The highest BCUT2D eigenvalue weighted by Crippen LogP contribution is 2.24. The van der Waals surface area contributed by atoms with Gasteiger partial charge in [-0.15, -0.1) is 0 Å². The summed E-state index contributed by atoms with van der Waals surface area (Å²) in [6.45, 7) is 0.847. The van der Waals surface area contributed by atoms with Crippen LogP contribution < -0.4 is 15.6 Å². The van der Waals surface area contributed by atoms with E-state index in [-0.39, 0.29) is 42.5 Å². The van der Waals surface area contributed by atoms with Crippen molar-refractivity contribution >= 4 is 28.7 Å². The van der Waals surface area contributed by atoms with E-state index in [1.54, 1.807) is 18.2 Å². The van der Waals surface area contributed by atoms with E-state index in [9.17, 15) is 19.5 Å². The van der Waals surface area contributed by atoms with Crippen LogP contribution in [-0.2, 0) is 16.1 Å². The van der Waals surface area contributed by atoms with Gasteiger partial charge in [0.1, 0.15) is 12.3 Å². The van der Waals surface area contributed by atoms with E-state index in [1.807, 2.05) is 4.90 Å². The van der Waals surface area contributed by atoms with Crippen molar-refractivity contribution in [2.24, 2.45) is 0 Å². The number of amides is 2. The predicted octanol–water partition coefficient (Wildman–Crippen LogP) is 2.05. The van der Waals surface area contributed by atoms with Crippen molar-refractivity contribution in [1.82, 2.24) is 14.5 Å². The van der Waals surface area contributed by atoms with Crippen molar-refractivity contribution in [3.8, 4) is 5.75 Å². The molecule has 0 unspecified atom stereocenters. The molecule has 2 N–H and O–H groups in total. The van der Waals surface area contributed by atoms with Gasteiger partial charge in [-0.2, -0.15) is 0 Å². The van der Waals surface area contributed by atoms with Gasteiger partial charge in [0.2, 0.25) is 17.8 Å². The number of hydrogen-bond donors (Lipinski definition) is 2. The first-order valence-corrected chi connectivity index (χ1v) is 11.4. The second-order valence-corrected chi connectivity index (χ2v) is 8.46. The van der Waals surface area contributed by atoms with Crippen LogP contribution in [-0.4, -0.2) is 57.2 Å². The number of benzene rings is 1. The first kappa shape index (κ1) is 22.3. The summed E-state index contributed by atoms with van der Waals surface area (Å²) in [6, 6.07) is 5.34. The third-order valence-corrected chi connectivity index (χ3v) is 6.21. The molecule has 32 heavy (non-hydrogen) atoms. The van der Waals surface area contributed by atoms with Gasteiger partial charge in [-0.3, -0.25) is 24.3 Å². The van der Waals surface area contributed by atoms with Crippen LogP contribution in [0.5, 0.6) is 5.75 Å². The highest BCUT2D eigenvalue weighted by atomic mass is 16.5. The number of aliphatic hydroxyl groups excluding tert-OH is 1. The Morgan fingerprint density at radius 3 is 2.81 bits per heavy atom. The van der Waals surface area contributed by atoms with Crippen molar-refractivity contribution in [1.29, 1.82) is 0 Å². The fourth-order valence-corrected chi connectivity index (χ4v) is 4.56. The van der Waals surface area contributed by atoms with Gasteiger partial charge in [0.25, 0.3) is 5.56 Å². The Labute approximate surface area is 186 Å². The number of fused-ring (bicyclic) bond motifs is 2. The molecule has 1 aliphatic heterocycles. The summed E-state index contributed by atoms with van der Waals surface area (Å²) in [5, 5.41) is 12.4. The molecule has 9 heteroatoms. The van der Waals surface area contributed by atoms with Crippen LogP contribution in [0, 0.1) is 0 Å². The average Bonchev–Trinajstić information content (AvgIpc) is 3.18. The Kier molecular flexibility index (Phi) is 7.04. The lowest BCUT2D eigenvalue weighted by molar-refractivity contribution is -0.135. The zero-order chi connectivity index (χ0) is 22.5. The van der Waals surface area contributed by atoms with E-state index in [4.69, 9.17) is 4.74 Å². The first-order valence-electron chi connectivity index (χ1n) is 11.4. The van der Waals surface area contributed by atoms with Gasteiger partial charge in [0.05, 0.1) is 24.1 Å². The van der Waals surface area contributed by atoms with Crippen molar-refractivity contribution < 1.29 is 19.4 Å². The molecule has 4 rings (SSSR count). The number of nitrogens with one attached hydrogen (secondary N) is 1. The Morgan fingerprint density at radius 2 is 2.03 bits per heavy atom. The average molecular weight is 443 g/mol. The van der Waals surface area contributed by atoms with E-state index < -0.39 is 0 Å². The van der Waals surface area contributed by atoms with Crippen LogP contribution in [0.4, 0.5) is 5.95 Å². The number of ether oxygens (including phenoxy) is 1. The second kappa shape index (κ2) is 10.1. The minimum atomic E-state index is -0.253. The number of unbranched alkanes of at least 4 members (excludes halogenated alkanes) is 1. The summed E-state index contributed by atoms with van der Waals surface area (Å²) in [6.07, 6.45) is 7.46. The third kappa shape index (κ3) is 4.93. The molecular formula is C23H30N4O5. The zero-order valence-corrected chi connectivity index (χ0v) is 18.2. The summed E-state index contributed by atoms with van der Waals surface area (Å²) in [4.78, 5) is 42.9. The Morgan fingerprint density at radius 1 is 1.22 bits per heavy atom. The molecule has 0 bridgehead atoms. The summed E-state index contributed by atoms with van der Waals surface area (Å²) in [7, 11) is 0. The van der Waals surface area contributed by atoms with Gasteiger partial charge in [-0.25, -0.2) is 4.98 Å². The topological polar surface area (TPSA) is 114 Å². The van der Waals surface area contributed by atoms with Crippen LogP contribution >= 0.6 is 0 Å². The number of hydrogen-bond acceptors (Lipinski definition) is 6. The highest BCUT2D eigenvalue weighted by molar-refractivity contribution is 5.94. The fraction of sp³-hybridized carbons (Fsp3) is 0.565. The number of carbonyl (C=O) groups is 2. The quantitative estimate of drug-likeness (QED) is 0.575. The van der Waals surface area contributed by atoms with E-state index in [0.717, 1.165) is 32.1 Å². The van der Waals surface area contributed by atoms with Gasteiger partial charge in [-0.05, 0) is 37.8 Å². The highest BCUT2D eigenvalue weighted by Gasteiger charge is 2.24. The van der Waals surface area contributed by atoms with Crippen molar-refractivity contribution in [3.05, 3.63) is 28.6 Å². The van der Waals surface area contributed by atoms with Crippen LogP contribution in [0.15, 0.2) is 23.0 Å². The minimum Gasteiger partial charge on any atom is -0.494 e. The van der Waals surface area contributed by atoms with Gasteiger partial charge >= 0.3 is 0 Å². The van der Waals surface area contributed by atoms with Gasteiger partial charge < -0.3 is 14.7 Å². The predicted molar refractivity (Wildman–Crippen MR) is 120 cm³/mol. The molecule has 1 aromatic heterocycles. The molecule has 2 aliphatic rings. The van der Waals surface area contributed by atoms with Gasteiger partial charge in [0.15, 0.2) is 0 Å². The van der Waals surface area contributed by atoms with Crippen molar-refractivity contribution in [2.75, 3.05) is 25.1 Å². The number of rotatable bonds is 9. The van der Waals surface area contributed by atoms with Crippen LogP contribution in [0.2, 0.25) is 0 Å². The van der Waals surface area contributed by atoms with E-state index >= 15 is 0 Å². The minimum absolute atomic E-state index is 0.00216. The van der Waals surface area contributed by atoms with Crippen LogP contribution in [0.1, 0.15) is 51.4 Å². The third-order valence-electron chi connectivity index (χ3n) is 6.21. The first-order chi connectivity index (χ1) is 15.6. The van der Waals surface area contributed by atoms with Crippen molar-refractivity contribution in [2.45, 2.75) is 64.0 Å². The number of carbonyl (C=O) groups excluding carboxylic acids is 2. The lowest BCUT2D eigenvalue weighted by Gasteiger charge is -2.34. The molecule has 0 radical (unpaired) electrons. The monoisotopic (exact) mass is 442 g/mol. The maximum absolute atomic E-state index is 12.7. The summed E-state index contributed by atoms with van der Waals surface area (Å²) in [5.41, 5.74) is 0.224. The molecule has 1 fully saturated rings. The Hall–Kier alpha value is -2.94. The van der Waals surface area contributed by atoms with E-state index in [1.165, 1.54) is 11.0 Å². The maximum Gasteiger partial charge on any atom is 0.263 e. The molecule has 172 valence electrons. The molecule has 0 saturated heterocycles. The smallest absolute Gasteiger partial charge is 0.263 e. The second-order valence-electron chi connectivity index (χ2n) is 8.46. The molecule has 0 atom stereocenters. The summed E-state index contributed by atoms with van der Waals surface area (Å²) in [5.74, 6) is 0.705. The lowest BCUT2D eigenvalue weighted by atomic mass is 9.94. The van der Waals surface area contributed by atoms with Gasteiger partial charge in [0, 0.05) is 25.1 Å².